The summed E-state index contributed by atoms with van der Waals surface area (Å²) < 4.78 is 0. The fraction of sp³-hybridized carbons (Fsp3) is 0.600. The molecule has 20 heavy (non-hydrogen) atoms. The van der Waals surface area contributed by atoms with E-state index < -0.39 is 0 Å². The highest BCUT2D eigenvalue weighted by molar-refractivity contribution is 5.58. The molecule has 0 aliphatic heterocycles. The van der Waals surface area contributed by atoms with Crippen molar-refractivity contribution in [3.8, 4) is 0 Å². The number of nitro benzene ring substituents is 1. The lowest BCUT2D eigenvalue weighted by atomic mass is 9.77. The van der Waals surface area contributed by atoms with Crippen molar-refractivity contribution in [1.29, 1.82) is 0 Å². The van der Waals surface area contributed by atoms with Crippen LogP contribution in [0.3, 0.4) is 0 Å². The molecule has 2 N–H and O–H groups in total. The molecule has 0 bridgehead atoms. The van der Waals surface area contributed by atoms with Crippen molar-refractivity contribution in [1.82, 2.24) is 0 Å². The molecule has 5 nitrogen and oxygen atoms in total. The van der Waals surface area contributed by atoms with E-state index in [0.717, 1.165) is 36.9 Å². The summed E-state index contributed by atoms with van der Waals surface area (Å²) in [6.45, 7) is 4.20. The van der Waals surface area contributed by atoms with Gasteiger partial charge in [0, 0.05) is 17.8 Å². The molecule has 0 unspecified atom stereocenters. The second-order valence-corrected chi connectivity index (χ2v) is 6.00. The molecule has 1 aliphatic rings. The van der Waals surface area contributed by atoms with Crippen LogP contribution in [-0.4, -0.2) is 22.2 Å². The molecule has 1 aliphatic carbocycles. The summed E-state index contributed by atoms with van der Waals surface area (Å²) in [5, 5.41) is 24.0. The summed E-state index contributed by atoms with van der Waals surface area (Å²) >= 11 is 0. The molecule has 0 spiro atoms. The quantitative estimate of drug-likeness (QED) is 0.654. The third-order valence-corrected chi connectivity index (χ3v) is 4.37. The molecule has 0 radical (unpaired) electrons. The minimum absolute atomic E-state index is 0.0574. The van der Waals surface area contributed by atoms with Crippen molar-refractivity contribution in [2.75, 3.05) is 11.9 Å². The van der Waals surface area contributed by atoms with Crippen LogP contribution in [0, 0.1) is 23.0 Å². The predicted molar refractivity (Wildman–Crippen MR) is 78.9 cm³/mol. The zero-order chi connectivity index (χ0) is 14.8. The summed E-state index contributed by atoms with van der Waals surface area (Å²) in [4.78, 5) is 10.5. The zero-order valence-electron chi connectivity index (χ0n) is 12.1. The van der Waals surface area contributed by atoms with Gasteiger partial charge in [0.2, 0.25) is 0 Å². The van der Waals surface area contributed by atoms with E-state index in [-0.39, 0.29) is 22.8 Å². The highest BCUT2D eigenvalue weighted by Gasteiger charge is 2.34. The van der Waals surface area contributed by atoms with Crippen LogP contribution in [0.25, 0.3) is 0 Å². The van der Waals surface area contributed by atoms with Gasteiger partial charge in [0.25, 0.3) is 5.69 Å². The van der Waals surface area contributed by atoms with Crippen molar-refractivity contribution in [2.45, 2.75) is 45.1 Å². The molecule has 0 heterocycles. The van der Waals surface area contributed by atoms with Gasteiger partial charge in [0.05, 0.1) is 17.1 Å². The van der Waals surface area contributed by atoms with E-state index in [0.29, 0.717) is 5.92 Å². The number of anilines is 1. The van der Waals surface area contributed by atoms with Crippen molar-refractivity contribution in [2.24, 2.45) is 5.92 Å². The molecule has 1 fully saturated rings. The predicted octanol–water partition coefficient (Wildman–Crippen LogP) is 3.26. The number of nitro groups is 1. The van der Waals surface area contributed by atoms with Gasteiger partial charge < -0.3 is 10.4 Å². The standard InChI is InChI=1S/C15H22N2O3/c1-11-5-7-15(10-18,8-6-11)16-14-9-13(17(19)20)4-3-12(14)2/h3-4,9,11,16,18H,5-8,10H2,1-2H3. The van der Waals surface area contributed by atoms with Crippen LogP contribution >= 0.6 is 0 Å². The van der Waals surface area contributed by atoms with Crippen LogP contribution in [-0.2, 0) is 0 Å². The average Bonchev–Trinajstić information content (AvgIpc) is 2.44. The Labute approximate surface area is 119 Å². The number of nitrogens with zero attached hydrogens (tertiary/aromatic N) is 1. The molecule has 0 amide bonds. The second kappa shape index (κ2) is 5.79. The molecule has 5 heteroatoms. The van der Waals surface area contributed by atoms with E-state index in [2.05, 4.69) is 12.2 Å². The van der Waals surface area contributed by atoms with Gasteiger partial charge in [-0.05, 0) is 44.1 Å². The molecule has 0 atom stereocenters. The normalized spacial score (nSPS) is 26.2. The molecule has 1 aromatic carbocycles. The average molecular weight is 278 g/mol. The molecule has 2 rings (SSSR count). The molecule has 0 aromatic heterocycles. The number of rotatable bonds is 4. The zero-order valence-corrected chi connectivity index (χ0v) is 12.1. The monoisotopic (exact) mass is 278 g/mol. The van der Waals surface area contributed by atoms with E-state index in [4.69, 9.17) is 0 Å². The van der Waals surface area contributed by atoms with Crippen LogP contribution in [0.4, 0.5) is 11.4 Å². The number of non-ortho nitro benzene ring substituents is 1. The maximum Gasteiger partial charge on any atom is 0.271 e. The molecule has 1 saturated carbocycles. The van der Waals surface area contributed by atoms with E-state index in [1.807, 2.05) is 6.92 Å². The van der Waals surface area contributed by atoms with Gasteiger partial charge in [-0.3, -0.25) is 10.1 Å². The minimum atomic E-state index is -0.390. The lowest BCUT2D eigenvalue weighted by Crippen LogP contribution is -2.45. The van der Waals surface area contributed by atoms with E-state index >= 15 is 0 Å². The number of aliphatic hydroxyl groups is 1. The lowest BCUT2D eigenvalue weighted by molar-refractivity contribution is -0.384. The lowest BCUT2D eigenvalue weighted by Gasteiger charge is -2.40. The van der Waals surface area contributed by atoms with Crippen LogP contribution in [0.15, 0.2) is 18.2 Å². The Bertz CT molecular complexity index is 494. The largest absolute Gasteiger partial charge is 0.394 e. The SMILES string of the molecule is Cc1ccc([N+](=O)[O-])cc1NC1(CO)CCC(C)CC1. The number of aryl methyl sites for hydroxylation is 1. The first-order chi connectivity index (χ1) is 9.46. The van der Waals surface area contributed by atoms with Crippen molar-refractivity contribution >= 4 is 11.4 Å². The van der Waals surface area contributed by atoms with E-state index in [1.54, 1.807) is 12.1 Å². The van der Waals surface area contributed by atoms with Crippen LogP contribution < -0.4 is 5.32 Å². The number of benzene rings is 1. The van der Waals surface area contributed by atoms with E-state index in [9.17, 15) is 15.2 Å². The van der Waals surface area contributed by atoms with Crippen molar-refractivity contribution in [3.63, 3.8) is 0 Å². The fourth-order valence-electron chi connectivity index (χ4n) is 2.78. The number of hydrogen-bond acceptors (Lipinski definition) is 4. The maximum absolute atomic E-state index is 10.9. The number of hydrogen-bond donors (Lipinski definition) is 2. The van der Waals surface area contributed by atoms with Gasteiger partial charge in [-0.1, -0.05) is 13.0 Å². The van der Waals surface area contributed by atoms with Crippen LogP contribution in [0.5, 0.6) is 0 Å². The van der Waals surface area contributed by atoms with Crippen molar-refractivity contribution < 1.29 is 10.0 Å². The van der Waals surface area contributed by atoms with Crippen LogP contribution in [0.2, 0.25) is 0 Å². The highest BCUT2D eigenvalue weighted by Crippen LogP contribution is 2.35. The van der Waals surface area contributed by atoms with Gasteiger partial charge in [0.15, 0.2) is 0 Å². The first-order valence-electron chi connectivity index (χ1n) is 7.10. The fourth-order valence-corrected chi connectivity index (χ4v) is 2.78. The Morgan fingerprint density at radius 2 is 2.10 bits per heavy atom. The highest BCUT2D eigenvalue weighted by atomic mass is 16.6. The van der Waals surface area contributed by atoms with Gasteiger partial charge >= 0.3 is 0 Å². The Balaban J connectivity index is 2.23. The minimum Gasteiger partial charge on any atom is -0.394 e. The molecular formula is C15H22N2O3. The third-order valence-electron chi connectivity index (χ3n) is 4.37. The van der Waals surface area contributed by atoms with Gasteiger partial charge in [-0.15, -0.1) is 0 Å². The smallest absolute Gasteiger partial charge is 0.271 e. The van der Waals surface area contributed by atoms with Gasteiger partial charge in [-0.25, -0.2) is 0 Å². The Morgan fingerprint density at radius 1 is 1.45 bits per heavy atom. The molecular weight excluding hydrogens is 256 g/mol. The van der Waals surface area contributed by atoms with Crippen LogP contribution in [0.1, 0.15) is 38.2 Å². The number of aliphatic hydroxyl groups excluding tert-OH is 1. The summed E-state index contributed by atoms with van der Waals surface area (Å²) in [6, 6.07) is 4.82. The Morgan fingerprint density at radius 3 is 2.65 bits per heavy atom. The first-order valence-corrected chi connectivity index (χ1v) is 7.10. The van der Waals surface area contributed by atoms with Gasteiger partial charge in [0.1, 0.15) is 0 Å². The topological polar surface area (TPSA) is 75.4 Å². The molecule has 110 valence electrons. The third kappa shape index (κ3) is 3.10. The summed E-state index contributed by atoms with van der Waals surface area (Å²) in [7, 11) is 0. The molecule has 0 saturated heterocycles. The molecule has 1 aromatic rings. The number of nitrogens with one attached hydrogen (secondary N) is 1. The second-order valence-electron chi connectivity index (χ2n) is 6.00. The summed E-state index contributed by atoms with van der Waals surface area (Å²) in [5.41, 5.74) is 1.45. The summed E-state index contributed by atoms with van der Waals surface area (Å²) in [5.74, 6) is 0.683. The Hall–Kier alpha value is -1.62. The van der Waals surface area contributed by atoms with E-state index in [1.165, 1.54) is 6.07 Å². The van der Waals surface area contributed by atoms with Gasteiger partial charge in [-0.2, -0.15) is 0 Å². The Kier molecular flexibility index (Phi) is 4.28. The van der Waals surface area contributed by atoms with Crippen molar-refractivity contribution in [3.05, 3.63) is 33.9 Å². The summed E-state index contributed by atoms with van der Waals surface area (Å²) in [6.07, 6.45) is 3.93. The first kappa shape index (κ1) is 14.8. The maximum atomic E-state index is 10.9.